The van der Waals surface area contributed by atoms with E-state index in [0.29, 0.717) is 28.9 Å². The van der Waals surface area contributed by atoms with Crippen LogP contribution in [-0.4, -0.2) is 47.9 Å². The second-order valence-electron chi connectivity index (χ2n) is 9.51. The van der Waals surface area contributed by atoms with E-state index in [4.69, 9.17) is 14.5 Å². The molecule has 2 aromatic rings. The molecule has 0 unspecified atom stereocenters. The highest BCUT2D eigenvalue weighted by Crippen LogP contribution is 2.34. The third kappa shape index (κ3) is 6.95. The van der Waals surface area contributed by atoms with Gasteiger partial charge in [-0.15, -0.1) is 0 Å². The van der Waals surface area contributed by atoms with Gasteiger partial charge in [0, 0.05) is 19.0 Å². The van der Waals surface area contributed by atoms with Crippen molar-refractivity contribution in [1.82, 2.24) is 4.90 Å². The van der Waals surface area contributed by atoms with Crippen LogP contribution in [0.5, 0.6) is 11.5 Å². The van der Waals surface area contributed by atoms with Gasteiger partial charge in [0.2, 0.25) is 11.8 Å². The lowest BCUT2D eigenvalue weighted by Crippen LogP contribution is -2.34. The van der Waals surface area contributed by atoms with Gasteiger partial charge < -0.3 is 14.8 Å². The molecule has 1 atom stereocenters. The van der Waals surface area contributed by atoms with Gasteiger partial charge in [0.05, 0.1) is 25.6 Å². The van der Waals surface area contributed by atoms with Crippen molar-refractivity contribution in [2.45, 2.75) is 57.6 Å². The summed E-state index contributed by atoms with van der Waals surface area (Å²) in [7, 11) is 3.11. The smallest absolute Gasteiger partial charge is 0.242 e. The molecule has 0 bridgehead atoms. The summed E-state index contributed by atoms with van der Waals surface area (Å²) < 4.78 is 10.6. The zero-order valence-corrected chi connectivity index (χ0v) is 22.8. The molecule has 196 valence electrons. The van der Waals surface area contributed by atoms with Gasteiger partial charge in [-0.2, -0.15) is 0 Å². The average Bonchev–Trinajstić information content (AvgIpc) is 3.15. The zero-order chi connectivity index (χ0) is 26.4. The molecule has 7 nitrogen and oxygen atoms in total. The number of amides is 2. The lowest BCUT2D eigenvalue weighted by Gasteiger charge is -2.19. The normalized spacial score (nSPS) is 18.6. The Kier molecular flexibility index (Phi) is 8.92. The summed E-state index contributed by atoms with van der Waals surface area (Å²) in [5.41, 5.74) is 4.97. The maximum atomic E-state index is 13.5. The van der Waals surface area contributed by atoms with Crippen LogP contribution >= 0.6 is 11.8 Å². The van der Waals surface area contributed by atoms with Crippen LogP contribution in [0.3, 0.4) is 0 Å². The first-order valence-electron chi connectivity index (χ1n) is 12.7. The fourth-order valence-corrected chi connectivity index (χ4v) is 5.91. The Morgan fingerprint density at radius 2 is 1.89 bits per heavy atom. The summed E-state index contributed by atoms with van der Waals surface area (Å²) in [4.78, 5) is 33.1. The average molecular weight is 522 g/mol. The molecule has 1 fully saturated rings. The van der Waals surface area contributed by atoms with Crippen LogP contribution < -0.4 is 14.8 Å². The molecule has 1 saturated heterocycles. The number of benzene rings is 2. The predicted octanol–water partition coefficient (Wildman–Crippen LogP) is 6.17. The number of anilines is 1. The standard InChI is InChI=1S/C29H35N3O4S/c1-19-14-20(2)16-22(15-19)30-29-32(13-12-21-8-6-5-7-9-21)28(34)26(37-29)18-27(33)31-24-17-23(35-3)10-11-25(24)36-4/h8,10-11,14-17,26H,5-7,9,12-13,18H2,1-4H3,(H,31,33)/t26-/m1/s1. The molecule has 2 aliphatic rings. The van der Waals surface area contributed by atoms with E-state index in [1.54, 1.807) is 37.3 Å². The molecule has 0 saturated carbocycles. The minimum atomic E-state index is -0.540. The number of rotatable bonds is 9. The fourth-order valence-electron chi connectivity index (χ4n) is 4.72. The number of carbonyl (C=O) groups excluding carboxylic acids is 2. The van der Waals surface area contributed by atoms with Crippen molar-refractivity contribution >= 4 is 40.1 Å². The molecule has 1 N–H and O–H groups in total. The lowest BCUT2D eigenvalue weighted by atomic mass is 9.97. The van der Waals surface area contributed by atoms with Crippen molar-refractivity contribution in [3.63, 3.8) is 0 Å². The number of hydrogen-bond donors (Lipinski definition) is 1. The first-order chi connectivity index (χ1) is 17.9. The molecule has 1 aliphatic carbocycles. The maximum absolute atomic E-state index is 13.5. The minimum absolute atomic E-state index is 0.0366. The van der Waals surface area contributed by atoms with Crippen molar-refractivity contribution in [2.24, 2.45) is 4.99 Å². The molecule has 1 heterocycles. The number of amidine groups is 1. The van der Waals surface area contributed by atoms with Crippen molar-refractivity contribution in [3.8, 4) is 11.5 Å². The van der Waals surface area contributed by atoms with Crippen molar-refractivity contribution in [1.29, 1.82) is 0 Å². The van der Waals surface area contributed by atoms with Gasteiger partial charge in [0.15, 0.2) is 5.17 Å². The number of nitrogens with one attached hydrogen (secondary N) is 1. The van der Waals surface area contributed by atoms with E-state index in [2.05, 4.69) is 17.5 Å². The number of carbonyl (C=O) groups is 2. The SMILES string of the molecule is COc1ccc(OC)c(NC(=O)C[C@H]2SC(=Nc3cc(C)cc(C)c3)N(CCC3=CCCCC3)C2=O)c1. The molecular formula is C29H35N3O4S. The Hall–Kier alpha value is -3.26. The van der Waals surface area contributed by atoms with Crippen LogP contribution in [0.25, 0.3) is 0 Å². The summed E-state index contributed by atoms with van der Waals surface area (Å²) in [5, 5.41) is 3.00. The largest absolute Gasteiger partial charge is 0.497 e. The van der Waals surface area contributed by atoms with Gasteiger partial charge in [0.25, 0.3) is 0 Å². The summed E-state index contributed by atoms with van der Waals surface area (Å²) in [6.45, 7) is 4.65. The number of thioether (sulfide) groups is 1. The Bertz CT molecular complexity index is 1200. The predicted molar refractivity (Wildman–Crippen MR) is 150 cm³/mol. The van der Waals surface area contributed by atoms with Crippen LogP contribution in [0.1, 0.15) is 49.7 Å². The second-order valence-corrected chi connectivity index (χ2v) is 10.7. The molecule has 2 amide bonds. The highest BCUT2D eigenvalue weighted by molar-refractivity contribution is 8.15. The topological polar surface area (TPSA) is 80.2 Å². The van der Waals surface area contributed by atoms with Crippen LogP contribution in [0.2, 0.25) is 0 Å². The van der Waals surface area contributed by atoms with Gasteiger partial charge >= 0.3 is 0 Å². The van der Waals surface area contributed by atoms with E-state index in [1.165, 1.54) is 30.2 Å². The molecule has 0 spiro atoms. The third-order valence-electron chi connectivity index (χ3n) is 6.54. The van der Waals surface area contributed by atoms with Gasteiger partial charge in [-0.3, -0.25) is 14.5 Å². The van der Waals surface area contributed by atoms with E-state index >= 15 is 0 Å². The summed E-state index contributed by atoms with van der Waals surface area (Å²) >= 11 is 1.37. The van der Waals surface area contributed by atoms with Crippen molar-refractivity contribution in [2.75, 3.05) is 26.1 Å². The number of methoxy groups -OCH3 is 2. The molecule has 8 heteroatoms. The third-order valence-corrected chi connectivity index (χ3v) is 7.72. The van der Waals surface area contributed by atoms with Crippen molar-refractivity contribution in [3.05, 3.63) is 59.2 Å². The first-order valence-corrected chi connectivity index (χ1v) is 13.6. The van der Waals surface area contributed by atoms with E-state index in [-0.39, 0.29) is 18.2 Å². The van der Waals surface area contributed by atoms with Crippen LogP contribution in [-0.2, 0) is 9.59 Å². The molecular weight excluding hydrogens is 486 g/mol. The number of aliphatic imine (C=N–C) groups is 1. The van der Waals surface area contributed by atoms with Gasteiger partial charge in [0.1, 0.15) is 16.7 Å². The minimum Gasteiger partial charge on any atom is -0.497 e. The van der Waals surface area contributed by atoms with Crippen molar-refractivity contribution < 1.29 is 19.1 Å². The Morgan fingerprint density at radius 1 is 1.11 bits per heavy atom. The Morgan fingerprint density at radius 3 is 2.57 bits per heavy atom. The van der Waals surface area contributed by atoms with E-state index in [9.17, 15) is 9.59 Å². The number of aryl methyl sites for hydroxylation is 2. The van der Waals surface area contributed by atoms with Gasteiger partial charge in [-0.25, -0.2) is 4.99 Å². The van der Waals surface area contributed by atoms with Gasteiger partial charge in [-0.05, 0) is 81.3 Å². The monoisotopic (exact) mass is 521 g/mol. The molecule has 0 aromatic heterocycles. The lowest BCUT2D eigenvalue weighted by molar-refractivity contribution is -0.128. The van der Waals surface area contributed by atoms with E-state index in [1.807, 2.05) is 26.0 Å². The quantitative estimate of drug-likeness (QED) is 0.399. The first kappa shape index (κ1) is 26.8. The Labute approximate surface area is 223 Å². The molecule has 2 aromatic carbocycles. The van der Waals surface area contributed by atoms with Crippen LogP contribution in [0, 0.1) is 13.8 Å². The number of hydrogen-bond acceptors (Lipinski definition) is 6. The highest BCUT2D eigenvalue weighted by Gasteiger charge is 2.39. The molecule has 4 rings (SSSR count). The van der Waals surface area contributed by atoms with Crippen LogP contribution in [0.15, 0.2) is 53.0 Å². The highest BCUT2D eigenvalue weighted by atomic mass is 32.2. The van der Waals surface area contributed by atoms with E-state index < -0.39 is 5.25 Å². The fraction of sp³-hybridized carbons (Fsp3) is 0.414. The number of nitrogens with zero attached hydrogens (tertiary/aromatic N) is 2. The summed E-state index contributed by atoms with van der Waals surface area (Å²) in [6, 6.07) is 11.3. The second kappa shape index (κ2) is 12.3. The zero-order valence-electron chi connectivity index (χ0n) is 22.0. The maximum Gasteiger partial charge on any atom is 0.242 e. The van der Waals surface area contributed by atoms with Gasteiger partial charge in [-0.1, -0.05) is 29.5 Å². The summed E-state index contributed by atoms with van der Waals surface area (Å²) in [5.74, 6) is 0.796. The molecule has 0 radical (unpaired) electrons. The van der Waals surface area contributed by atoms with E-state index in [0.717, 1.165) is 36.1 Å². The summed E-state index contributed by atoms with van der Waals surface area (Å²) in [6.07, 6.45) is 7.81. The molecule has 37 heavy (non-hydrogen) atoms. The Balaban J connectivity index is 1.52. The van der Waals surface area contributed by atoms with Crippen LogP contribution in [0.4, 0.5) is 11.4 Å². The number of allylic oxidation sites excluding steroid dienone is 1. The number of ether oxygens (including phenoxy) is 2. The molecule has 1 aliphatic heterocycles.